The first kappa shape index (κ1) is 17.9. The molecule has 0 aliphatic rings. The van der Waals surface area contributed by atoms with Crippen LogP contribution in [0.3, 0.4) is 0 Å². The predicted molar refractivity (Wildman–Crippen MR) is 98.8 cm³/mol. The molecule has 3 aromatic rings. The molecule has 0 aliphatic carbocycles. The van der Waals surface area contributed by atoms with Crippen LogP contribution >= 0.6 is 23.2 Å². The molecule has 2 aromatic carbocycles. The van der Waals surface area contributed by atoms with Gasteiger partial charge in [0, 0.05) is 22.8 Å². The summed E-state index contributed by atoms with van der Waals surface area (Å²) in [5.41, 5.74) is 1.12. The molecule has 1 N–H and O–H groups in total. The molecule has 9 heteroatoms. The number of amides is 1. The Labute approximate surface area is 158 Å². The summed E-state index contributed by atoms with van der Waals surface area (Å²) < 4.78 is 1.68. The van der Waals surface area contributed by atoms with E-state index in [4.69, 9.17) is 23.2 Å². The average Bonchev–Trinajstić information content (AvgIpc) is 3.01. The maximum atomic E-state index is 12.3. The van der Waals surface area contributed by atoms with Crippen LogP contribution in [-0.2, 0) is 6.54 Å². The minimum atomic E-state index is -0.597. The lowest BCUT2D eigenvalue weighted by atomic mass is 10.1. The molecule has 0 saturated carbocycles. The number of halogens is 2. The van der Waals surface area contributed by atoms with Crippen LogP contribution in [0.1, 0.15) is 15.9 Å². The van der Waals surface area contributed by atoms with Crippen LogP contribution < -0.4 is 5.32 Å². The smallest absolute Gasteiger partial charge is 0.294 e. The summed E-state index contributed by atoms with van der Waals surface area (Å²) in [6, 6.07) is 10.9. The van der Waals surface area contributed by atoms with E-state index in [0.717, 1.165) is 5.56 Å². The first-order valence-electron chi connectivity index (χ1n) is 7.44. The van der Waals surface area contributed by atoms with Gasteiger partial charge in [0.05, 0.1) is 22.7 Å². The number of nitro groups is 1. The Hall–Kier alpha value is -2.90. The van der Waals surface area contributed by atoms with Crippen molar-refractivity contribution in [2.45, 2.75) is 6.54 Å². The molecule has 0 saturated heterocycles. The van der Waals surface area contributed by atoms with Crippen molar-refractivity contribution >= 4 is 40.5 Å². The Morgan fingerprint density at radius 2 is 1.88 bits per heavy atom. The van der Waals surface area contributed by atoms with Crippen LogP contribution in [0.25, 0.3) is 0 Å². The number of aromatic nitrogens is 2. The van der Waals surface area contributed by atoms with E-state index >= 15 is 0 Å². The Bertz CT molecular complexity index is 970. The van der Waals surface area contributed by atoms with Crippen molar-refractivity contribution in [3.05, 3.63) is 86.1 Å². The van der Waals surface area contributed by atoms with Crippen LogP contribution in [0.5, 0.6) is 0 Å². The molecule has 0 bridgehead atoms. The normalized spacial score (nSPS) is 10.5. The Morgan fingerprint density at radius 3 is 2.50 bits per heavy atom. The fourth-order valence-electron chi connectivity index (χ4n) is 2.33. The summed E-state index contributed by atoms with van der Waals surface area (Å²) >= 11 is 11.6. The Morgan fingerprint density at radius 1 is 1.15 bits per heavy atom. The van der Waals surface area contributed by atoms with E-state index < -0.39 is 10.8 Å². The van der Waals surface area contributed by atoms with Gasteiger partial charge in [0.2, 0.25) is 0 Å². The minimum Gasteiger partial charge on any atom is -0.316 e. The van der Waals surface area contributed by atoms with Gasteiger partial charge in [0.15, 0.2) is 0 Å². The number of carbonyl (C=O) groups is 1. The third-order valence-corrected chi connectivity index (χ3v) is 4.00. The van der Waals surface area contributed by atoms with Gasteiger partial charge < -0.3 is 5.32 Å². The molecule has 1 aromatic heterocycles. The second kappa shape index (κ2) is 7.55. The molecule has 0 aliphatic heterocycles. The molecule has 0 radical (unpaired) electrons. The van der Waals surface area contributed by atoms with Gasteiger partial charge in [-0.3, -0.25) is 19.6 Å². The highest BCUT2D eigenvalue weighted by Crippen LogP contribution is 2.28. The molecular formula is C17H12Cl2N4O3. The molecule has 26 heavy (non-hydrogen) atoms. The molecule has 1 heterocycles. The molecule has 0 atom stereocenters. The number of nitrogens with one attached hydrogen (secondary N) is 1. The standard InChI is InChI=1S/C17H12Cl2N4O3/c18-13-5-6-15(16(7-13)23(25)26)21-17(24)12-3-1-11(2-4-12)9-22-10-14(19)8-20-22/h1-8,10H,9H2,(H,21,24). The lowest BCUT2D eigenvalue weighted by Crippen LogP contribution is -2.13. The van der Waals surface area contributed by atoms with Crippen LogP contribution in [0.2, 0.25) is 10.0 Å². The molecule has 132 valence electrons. The zero-order valence-electron chi connectivity index (χ0n) is 13.2. The minimum absolute atomic E-state index is 0.0830. The van der Waals surface area contributed by atoms with Gasteiger partial charge in [0.1, 0.15) is 5.69 Å². The van der Waals surface area contributed by atoms with Crippen molar-refractivity contribution in [3.63, 3.8) is 0 Å². The summed E-state index contributed by atoms with van der Waals surface area (Å²) in [5, 5.41) is 18.5. The number of nitrogens with zero attached hydrogens (tertiary/aromatic N) is 3. The van der Waals surface area contributed by atoms with Crippen molar-refractivity contribution in [1.82, 2.24) is 9.78 Å². The van der Waals surface area contributed by atoms with Crippen LogP contribution in [0.4, 0.5) is 11.4 Å². The number of hydrogen-bond acceptors (Lipinski definition) is 4. The molecule has 1 amide bonds. The third-order valence-electron chi connectivity index (χ3n) is 3.57. The molecule has 0 spiro atoms. The van der Waals surface area contributed by atoms with Crippen molar-refractivity contribution in [2.75, 3.05) is 5.32 Å². The number of carbonyl (C=O) groups excluding carboxylic acids is 1. The van der Waals surface area contributed by atoms with Crippen molar-refractivity contribution in [3.8, 4) is 0 Å². The van der Waals surface area contributed by atoms with E-state index in [1.165, 1.54) is 18.2 Å². The van der Waals surface area contributed by atoms with E-state index in [0.29, 0.717) is 17.1 Å². The van der Waals surface area contributed by atoms with E-state index in [1.807, 2.05) is 0 Å². The topological polar surface area (TPSA) is 90.1 Å². The largest absolute Gasteiger partial charge is 0.316 e. The second-order valence-corrected chi connectivity index (χ2v) is 6.30. The molecule has 0 fully saturated rings. The zero-order valence-corrected chi connectivity index (χ0v) is 14.7. The van der Waals surface area contributed by atoms with Crippen molar-refractivity contribution in [2.24, 2.45) is 0 Å². The van der Waals surface area contributed by atoms with E-state index in [-0.39, 0.29) is 16.4 Å². The summed E-state index contributed by atoms with van der Waals surface area (Å²) in [7, 11) is 0. The second-order valence-electron chi connectivity index (χ2n) is 5.43. The SMILES string of the molecule is O=C(Nc1ccc(Cl)cc1[N+](=O)[O-])c1ccc(Cn2cc(Cl)cn2)cc1. The van der Waals surface area contributed by atoms with Gasteiger partial charge in [-0.2, -0.15) is 5.10 Å². The number of hydrogen-bond donors (Lipinski definition) is 1. The maximum absolute atomic E-state index is 12.3. The molecule has 3 rings (SSSR count). The maximum Gasteiger partial charge on any atom is 0.294 e. The molecule has 0 unspecified atom stereocenters. The number of anilines is 1. The lowest BCUT2D eigenvalue weighted by Gasteiger charge is -2.07. The highest BCUT2D eigenvalue weighted by Gasteiger charge is 2.17. The predicted octanol–water partition coefficient (Wildman–Crippen LogP) is 4.40. The van der Waals surface area contributed by atoms with Crippen LogP contribution in [-0.4, -0.2) is 20.6 Å². The van der Waals surface area contributed by atoms with Crippen LogP contribution in [0.15, 0.2) is 54.9 Å². The Balaban J connectivity index is 1.73. The number of rotatable bonds is 5. The van der Waals surface area contributed by atoms with Gasteiger partial charge in [-0.25, -0.2) is 0 Å². The van der Waals surface area contributed by atoms with Crippen molar-refractivity contribution < 1.29 is 9.72 Å². The van der Waals surface area contributed by atoms with Gasteiger partial charge in [-0.15, -0.1) is 0 Å². The van der Waals surface area contributed by atoms with Gasteiger partial charge in [0.25, 0.3) is 11.6 Å². The van der Waals surface area contributed by atoms with Gasteiger partial charge in [-0.1, -0.05) is 35.3 Å². The van der Waals surface area contributed by atoms with Gasteiger partial charge in [-0.05, 0) is 29.8 Å². The summed E-state index contributed by atoms with van der Waals surface area (Å²) in [6.07, 6.45) is 3.24. The molecular weight excluding hydrogens is 379 g/mol. The van der Waals surface area contributed by atoms with Crippen molar-refractivity contribution in [1.29, 1.82) is 0 Å². The highest BCUT2D eigenvalue weighted by atomic mass is 35.5. The number of nitro benzene ring substituents is 1. The Kier molecular flexibility index (Phi) is 5.20. The lowest BCUT2D eigenvalue weighted by molar-refractivity contribution is -0.383. The van der Waals surface area contributed by atoms with E-state index in [2.05, 4.69) is 10.4 Å². The average molecular weight is 391 g/mol. The monoisotopic (exact) mass is 390 g/mol. The first-order chi connectivity index (χ1) is 12.4. The molecule has 7 nitrogen and oxygen atoms in total. The van der Waals surface area contributed by atoms with Crippen LogP contribution in [0, 0.1) is 10.1 Å². The number of benzene rings is 2. The summed E-state index contributed by atoms with van der Waals surface area (Å²) in [6.45, 7) is 0.511. The highest BCUT2D eigenvalue weighted by molar-refractivity contribution is 6.31. The van der Waals surface area contributed by atoms with Gasteiger partial charge >= 0.3 is 0 Å². The van der Waals surface area contributed by atoms with E-state index in [1.54, 1.807) is 41.3 Å². The summed E-state index contributed by atoms with van der Waals surface area (Å²) in [4.78, 5) is 22.8. The quantitative estimate of drug-likeness (QED) is 0.516. The zero-order chi connectivity index (χ0) is 18.7. The van der Waals surface area contributed by atoms with E-state index in [9.17, 15) is 14.9 Å². The fourth-order valence-corrected chi connectivity index (χ4v) is 2.65. The summed E-state index contributed by atoms with van der Waals surface area (Å²) in [5.74, 6) is -0.455. The fraction of sp³-hybridized carbons (Fsp3) is 0.0588. The first-order valence-corrected chi connectivity index (χ1v) is 8.20. The third kappa shape index (κ3) is 4.19.